The molecule has 3 aromatic rings. The number of fused-ring (bicyclic) bond motifs is 2. The van der Waals surface area contributed by atoms with Gasteiger partial charge < -0.3 is 19.1 Å². The van der Waals surface area contributed by atoms with E-state index in [0.717, 1.165) is 86.0 Å². The summed E-state index contributed by atoms with van der Waals surface area (Å²) < 4.78 is 35.5. The number of halogens is 2. The maximum atomic E-state index is 14.0. The van der Waals surface area contributed by atoms with E-state index in [1.54, 1.807) is 6.92 Å². The molecule has 0 atom stereocenters. The molecular weight excluding hydrogens is 504 g/mol. The highest BCUT2D eigenvalue weighted by molar-refractivity contribution is 5.74. The van der Waals surface area contributed by atoms with Crippen LogP contribution in [-0.4, -0.2) is 74.6 Å². The lowest BCUT2D eigenvalue weighted by Gasteiger charge is -2.35. The SMILES string of the molecule is CC(=O)N1CCc2nc(N3CCC(OCc4ccc(F)cc4F)CC3)c(-c3cnc4n3CCN(C)C4)nc2C1. The van der Waals surface area contributed by atoms with Gasteiger partial charge in [0, 0.05) is 57.7 Å². The molecule has 1 saturated heterocycles. The molecule has 0 aliphatic carbocycles. The van der Waals surface area contributed by atoms with E-state index < -0.39 is 11.6 Å². The van der Waals surface area contributed by atoms with E-state index in [1.165, 1.54) is 12.1 Å². The molecule has 0 saturated carbocycles. The van der Waals surface area contributed by atoms with Crippen molar-refractivity contribution in [2.24, 2.45) is 0 Å². The Labute approximate surface area is 226 Å². The van der Waals surface area contributed by atoms with Crippen molar-refractivity contribution in [1.82, 2.24) is 29.3 Å². The van der Waals surface area contributed by atoms with Gasteiger partial charge in [-0.05, 0) is 26.0 Å². The van der Waals surface area contributed by atoms with Crippen LogP contribution in [0.25, 0.3) is 11.4 Å². The average molecular weight is 538 g/mol. The van der Waals surface area contributed by atoms with E-state index in [-0.39, 0.29) is 18.6 Å². The van der Waals surface area contributed by atoms with Crippen LogP contribution in [0.1, 0.15) is 42.5 Å². The molecule has 0 unspecified atom stereocenters. The summed E-state index contributed by atoms with van der Waals surface area (Å²) in [4.78, 5) is 33.4. The molecule has 3 aliphatic rings. The highest BCUT2D eigenvalue weighted by atomic mass is 19.1. The average Bonchev–Trinajstić information content (AvgIpc) is 3.34. The zero-order valence-electron chi connectivity index (χ0n) is 22.4. The number of hydrogen-bond donors (Lipinski definition) is 0. The molecule has 11 heteroatoms. The second-order valence-corrected chi connectivity index (χ2v) is 10.7. The van der Waals surface area contributed by atoms with Crippen molar-refractivity contribution < 1.29 is 18.3 Å². The van der Waals surface area contributed by atoms with Crippen molar-refractivity contribution in [1.29, 1.82) is 0 Å². The Hall–Kier alpha value is -3.44. The third kappa shape index (κ3) is 5.25. The largest absolute Gasteiger partial charge is 0.373 e. The van der Waals surface area contributed by atoms with Gasteiger partial charge in [0.05, 0.1) is 49.1 Å². The maximum absolute atomic E-state index is 14.0. The Kier molecular flexibility index (Phi) is 7.03. The van der Waals surface area contributed by atoms with Gasteiger partial charge in [-0.25, -0.2) is 23.7 Å². The normalized spacial score (nSPS) is 18.3. The number of likely N-dealkylation sites (N-methyl/N-ethyl adjacent to an activating group) is 1. The van der Waals surface area contributed by atoms with Crippen LogP contribution < -0.4 is 4.90 Å². The lowest BCUT2D eigenvalue weighted by atomic mass is 10.1. The van der Waals surface area contributed by atoms with Gasteiger partial charge in [-0.3, -0.25) is 9.69 Å². The van der Waals surface area contributed by atoms with Crippen LogP contribution in [0.5, 0.6) is 0 Å². The summed E-state index contributed by atoms with van der Waals surface area (Å²) in [6.45, 7) is 6.79. The lowest BCUT2D eigenvalue weighted by molar-refractivity contribution is -0.129. The molecular formula is C28H33F2N7O2. The number of piperidine rings is 1. The fourth-order valence-electron chi connectivity index (χ4n) is 5.63. The molecule has 0 radical (unpaired) electrons. The van der Waals surface area contributed by atoms with Crippen LogP contribution in [0.15, 0.2) is 24.4 Å². The first-order valence-corrected chi connectivity index (χ1v) is 13.5. The monoisotopic (exact) mass is 537 g/mol. The predicted molar refractivity (Wildman–Crippen MR) is 141 cm³/mol. The van der Waals surface area contributed by atoms with Gasteiger partial charge in [0.2, 0.25) is 5.91 Å². The molecule has 0 N–H and O–H groups in total. The second-order valence-electron chi connectivity index (χ2n) is 10.7. The second kappa shape index (κ2) is 10.6. The van der Waals surface area contributed by atoms with E-state index in [2.05, 4.69) is 21.4 Å². The van der Waals surface area contributed by atoms with Crippen molar-refractivity contribution in [3.05, 3.63) is 58.8 Å². The zero-order chi connectivity index (χ0) is 27.1. The molecule has 39 heavy (non-hydrogen) atoms. The number of aromatic nitrogens is 4. The van der Waals surface area contributed by atoms with Crippen LogP contribution in [0, 0.1) is 11.6 Å². The van der Waals surface area contributed by atoms with Gasteiger partial charge in [0.15, 0.2) is 5.82 Å². The number of rotatable bonds is 5. The summed E-state index contributed by atoms with van der Waals surface area (Å²) in [6, 6.07) is 3.58. The Morgan fingerprint density at radius 1 is 1.05 bits per heavy atom. The Morgan fingerprint density at radius 3 is 2.64 bits per heavy atom. The van der Waals surface area contributed by atoms with E-state index in [9.17, 15) is 13.6 Å². The van der Waals surface area contributed by atoms with Crippen LogP contribution in [0.3, 0.4) is 0 Å². The number of carbonyl (C=O) groups is 1. The van der Waals surface area contributed by atoms with Crippen molar-refractivity contribution in [2.45, 2.75) is 58.5 Å². The molecule has 5 heterocycles. The molecule has 6 rings (SSSR count). The Balaban J connectivity index is 1.24. The number of benzene rings is 1. The summed E-state index contributed by atoms with van der Waals surface area (Å²) in [5.41, 5.74) is 3.90. The quantitative estimate of drug-likeness (QED) is 0.495. The van der Waals surface area contributed by atoms with E-state index in [0.29, 0.717) is 25.1 Å². The Bertz CT molecular complexity index is 1390. The molecule has 2 aromatic heterocycles. The maximum Gasteiger partial charge on any atom is 0.219 e. The summed E-state index contributed by atoms with van der Waals surface area (Å²) in [5, 5.41) is 0. The van der Waals surface area contributed by atoms with Crippen LogP contribution >= 0.6 is 0 Å². The van der Waals surface area contributed by atoms with Crippen molar-refractivity contribution >= 4 is 11.7 Å². The van der Waals surface area contributed by atoms with Crippen LogP contribution in [0.4, 0.5) is 14.6 Å². The fourth-order valence-corrected chi connectivity index (χ4v) is 5.63. The first-order valence-electron chi connectivity index (χ1n) is 13.5. The van der Waals surface area contributed by atoms with Gasteiger partial charge in [-0.1, -0.05) is 6.07 Å². The third-order valence-electron chi connectivity index (χ3n) is 7.97. The topological polar surface area (TPSA) is 79.6 Å². The summed E-state index contributed by atoms with van der Waals surface area (Å²) in [6.07, 6.45) is 4.06. The number of amides is 1. The molecule has 1 aromatic carbocycles. The summed E-state index contributed by atoms with van der Waals surface area (Å²) in [7, 11) is 2.09. The van der Waals surface area contributed by atoms with E-state index in [4.69, 9.17) is 19.7 Å². The van der Waals surface area contributed by atoms with Gasteiger partial charge in [0.25, 0.3) is 0 Å². The van der Waals surface area contributed by atoms with Crippen LogP contribution in [-0.2, 0) is 42.2 Å². The predicted octanol–water partition coefficient (Wildman–Crippen LogP) is 3.15. The molecule has 206 valence electrons. The smallest absolute Gasteiger partial charge is 0.219 e. The van der Waals surface area contributed by atoms with Crippen molar-refractivity contribution in [3.63, 3.8) is 0 Å². The summed E-state index contributed by atoms with van der Waals surface area (Å²) in [5.74, 6) is 0.719. The standard InChI is InChI=1S/C28H33F2N7O2/c1-18(38)36-10-7-23-24(15-36)32-27(25-14-31-26-16-34(2)11-12-37(25)26)28(33-23)35-8-5-21(6-9-35)39-17-19-3-4-20(29)13-22(19)30/h3-4,13-14,21H,5-12,15-17H2,1-2H3. The van der Waals surface area contributed by atoms with Gasteiger partial charge in [0.1, 0.15) is 23.2 Å². The highest BCUT2D eigenvalue weighted by Gasteiger charge is 2.30. The minimum atomic E-state index is -0.591. The number of carbonyl (C=O) groups excluding carboxylic acids is 1. The number of nitrogens with zero attached hydrogens (tertiary/aromatic N) is 7. The molecule has 3 aliphatic heterocycles. The molecule has 0 spiro atoms. The fraction of sp³-hybridized carbons (Fsp3) is 0.500. The minimum absolute atomic E-state index is 0.0258. The summed E-state index contributed by atoms with van der Waals surface area (Å²) >= 11 is 0. The van der Waals surface area contributed by atoms with Crippen molar-refractivity contribution in [3.8, 4) is 11.4 Å². The Morgan fingerprint density at radius 2 is 1.87 bits per heavy atom. The number of hydrogen-bond acceptors (Lipinski definition) is 7. The number of anilines is 1. The van der Waals surface area contributed by atoms with Gasteiger partial charge >= 0.3 is 0 Å². The van der Waals surface area contributed by atoms with Crippen LogP contribution in [0.2, 0.25) is 0 Å². The van der Waals surface area contributed by atoms with Gasteiger partial charge in [-0.2, -0.15) is 0 Å². The van der Waals surface area contributed by atoms with E-state index >= 15 is 0 Å². The molecule has 1 amide bonds. The number of imidazole rings is 1. The zero-order valence-corrected chi connectivity index (χ0v) is 22.4. The third-order valence-corrected chi connectivity index (χ3v) is 7.97. The molecule has 1 fully saturated rings. The molecule has 9 nitrogen and oxygen atoms in total. The number of ether oxygens (including phenoxy) is 1. The van der Waals surface area contributed by atoms with E-state index in [1.807, 2.05) is 11.1 Å². The van der Waals surface area contributed by atoms with Gasteiger partial charge in [-0.15, -0.1) is 0 Å². The minimum Gasteiger partial charge on any atom is -0.373 e. The lowest BCUT2D eigenvalue weighted by Crippen LogP contribution is -2.39. The molecule has 0 bridgehead atoms. The highest BCUT2D eigenvalue weighted by Crippen LogP contribution is 2.34. The van der Waals surface area contributed by atoms with Crippen molar-refractivity contribution in [2.75, 3.05) is 38.1 Å². The first-order chi connectivity index (χ1) is 18.9. The first kappa shape index (κ1) is 25.8.